The van der Waals surface area contributed by atoms with Crippen LogP contribution in [0.15, 0.2) is 48.5 Å². The van der Waals surface area contributed by atoms with Crippen LogP contribution >= 0.6 is 0 Å². The standard InChI is InChI=1S/C20H18N2O5/c1-20(2)19(26)21-15-5-3-4-6-16(15)22(20)17(24)12-27-18(25)14-9-7-13(11-23)8-10-14/h3-11H,12H2,1-2H3,(H,21,26). The van der Waals surface area contributed by atoms with Crippen LogP contribution in [-0.4, -0.2) is 36.2 Å². The van der Waals surface area contributed by atoms with E-state index in [1.165, 1.54) is 29.2 Å². The summed E-state index contributed by atoms with van der Waals surface area (Å²) in [6.07, 6.45) is 0.666. The Labute approximate surface area is 155 Å². The topological polar surface area (TPSA) is 92.8 Å². The van der Waals surface area contributed by atoms with Gasteiger partial charge in [0.05, 0.1) is 16.9 Å². The molecule has 3 rings (SSSR count). The molecular weight excluding hydrogens is 348 g/mol. The van der Waals surface area contributed by atoms with Gasteiger partial charge in [0.25, 0.3) is 5.91 Å². The molecule has 1 N–H and O–H groups in total. The second-order valence-electron chi connectivity index (χ2n) is 6.58. The molecule has 0 aromatic heterocycles. The Morgan fingerprint density at radius 2 is 1.78 bits per heavy atom. The fraction of sp³-hybridized carbons (Fsp3) is 0.200. The summed E-state index contributed by atoms with van der Waals surface area (Å²) in [6.45, 7) is 2.73. The van der Waals surface area contributed by atoms with Gasteiger partial charge in [-0.1, -0.05) is 24.3 Å². The van der Waals surface area contributed by atoms with E-state index in [9.17, 15) is 19.2 Å². The number of hydrogen-bond donors (Lipinski definition) is 1. The molecule has 0 saturated heterocycles. The van der Waals surface area contributed by atoms with Crippen molar-refractivity contribution in [2.45, 2.75) is 19.4 Å². The number of nitrogens with one attached hydrogen (secondary N) is 1. The highest BCUT2D eigenvalue weighted by atomic mass is 16.5. The zero-order chi connectivity index (χ0) is 19.6. The molecule has 0 bridgehead atoms. The quantitative estimate of drug-likeness (QED) is 0.663. The molecular formula is C20H18N2O5. The maximum atomic E-state index is 12.8. The predicted molar refractivity (Wildman–Crippen MR) is 98.7 cm³/mol. The first-order chi connectivity index (χ1) is 12.8. The summed E-state index contributed by atoms with van der Waals surface area (Å²) in [5, 5.41) is 2.77. The molecule has 2 aromatic carbocycles. The lowest BCUT2D eigenvalue weighted by atomic mass is 9.96. The first-order valence-electron chi connectivity index (χ1n) is 8.30. The van der Waals surface area contributed by atoms with E-state index in [0.717, 1.165) is 0 Å². The molecule has 0 fully saturated rings. The number of esters is 1. The monoisotopic (exact) mass is 366 g/mol. The summed E-state index contributed by atoms with van der Waals surface area (Å²) in [6, 6.07) is 12.8. The lowest BCUT2D eigenvalue weighted by Crippen LogP contribution is -2.59. The minimum atomic E-state index is -1.14. The molecule has 0 spiro atoms. The number of nitrogens with zero attached hydrogens (tertiary/aromatic N) is 1. The summed E-state index contributed by atoms with van der Waals surface area (Å²) < 4.78 is 5.11. The number of hydrogen-bond acceptors (Lipinski definition) is 5. The van der Waals surface area contributed by atoms with Gasteiger partial charge in [-0.2, -0.15) is 0 Å². The van der Waals surface area contributed by atoms with Gasteiger partial charge in [0.1, 0.15) is 11.8 Å². The Balaban J connectivity index is 1.77. The second-order valence-corrected chi connectivity index (χ2v) is 6.58. The van der Waals surface area contributed by atoms with Crippen molar-refractivity contribution in [2.24, 2.45) is 0 Å². The van der Waals surface area contributed by atoms with Crippen molar-refractivity contribution in [2.75, 3.05) is 16.8 Å². The Hall–Kier alpha value is -3.48. The molecule has 2 aromatic rings. The molecule has 0 unspecified atom stereocenters. The molecule has 27 heavy (non-hydrogen) atoms. The summed E-state index contributed by atoms with van der Waals surface area (Å²) in [7, 11) is 0. The Kier molecular flexibility index (Phi) is 4.77. The smallest absolute Gasteiger partial charge is 0.338 e. The average Bonchev–Trinajstić information content (AvgIpc) is 2.66. The first kappa shape index (κ1) is 18.3. The van der Waals surface area contributed by atoms with E-state index in [-0.39, 0.29) is 11.5 Å². The van der Waals surface area contributed by atoms with Crippen molar-refractivity contribution in [3.05, 3.63) is 59.7 Å². The zero-order valence-electron chi connectivity index (χ0n) is 14.9. The van der Waals surface area contributed by atoms with Gasteiger partial charge in [-0.15, -0.1) is 0 Å². The van der Waals surface area contributed by atoms with Gasteiger partial charge in [-0.3, -0.25) is 19.3 Å². The zero-order valence-corrected chi connectivity index (χ0v) is 14.9. The third-order valence-corrected chi connectivity index (χ3v) is 4.37. The molecule has 7 nitrogen and oxygen atoms in total. The Bertz CT molecular complexity index is 918. The minimum Gasteiger partial charge on any atom is -0.452 e. The van der Waals surface area contributed by atoms with E-state index >= 15 is 0 Å². The average molecular weight is 366 g/mol. The van der Waals surface area contributed by atoms with E-state index in [1.807, 2.05) is 0 Å². The van der Waals surface area contributed by atoms with E-state index in [2.05, 4.69) is 5.32 Å². The van der Waals surface area contributed by atoms with E-state index in [0.29, 0.717) is 23.2 Å². The number of para-hydroxylation sites is 2. The SMILES string of the molecule is CC1(C)C(=O)Nc2ccccc2N1C(=O)COC(=O)c1ccc(C=O)cc1. The van der Waals surface area contributed by atoms with Crippen LogP contribution in [0.4, 0.5) is 11.4 Å². The number of carbonyl (C=O) groups is 4. The highest BCUT2D eigenvalue weighted by Gasteiger charge is 2.43. The summed E-state index contributed by atoms with van der Waals surface area (Å²) in [5.41, 5.74) is 0.581. The van der Waals surface area contributed by atoms with E-state index in [1.54, 1.807) is 38.1 Å². The molecule has 0 saturated carbocycles. The number of rotatable bonds is 4. The highest BCUT2D eigenvalue weighted by Crippen LogP contribution is 2.36. The maximum absolute atomic E-state index is 12.8. The Morgan fingerprint density at radius 3 is 2.44 bits per heavy atom. The van der Waals surface area contributed by atoms with Crippen LogP contribution in [-0.2, 0) is 14.3 Å². The Morgan fingerprint density at radius 1 is 1.11 bits per heavy atom. The molecule has 1 heterocycles. The van der Waals surface area contributed by atoms with Gasteiger partial charge in [0.15, 0.2) is 6.61 Å². The molecule has 1 aliphatic rings. The summed E-state index contributed by atoms with van der Waals surface area (Å²) in [4.78, 5) is 49.3. The largest absolute Gasteiger partial charge is 0.452 e. The van der Waals surface area contributed by atoms with Crippen LogP contribution in [0.2, 0.25) is 0 Å². The van der Waals surface area contributed by atoms with Crippen molar-refractivity contribution in [1.82, 2.24) is 0 Å². The van der Waals surface area contributed by atoms with E-state index in [4.69, 9.17) is 4.74 Å². The maximum Gasteiger partial charge on any atom is 0.338 e. The van der Waals surface area contributed by atoms with E-state index < -0.39 is 24.0 Å². The van der Waals surface area contributed by atoms with Gasteiger partial charge in [0, 0.05) is 5.56 Å². The number of benzene rings is 2. The highest BCUT2D eigenvalue weighted by molar-refractivity contribution is 6.14. The summed E-state index contributed by atoms with van der Waals surface area (Å²) in [5.74, 6) is -1.53. The molecule has 7 heteroatoms. The summed E-state index contributed by atoms with van der Waals surface area (Å²) >= 11 is 0. The van der Waals surface area contributed by atoms with Crippen LogP contribution in [0, 0.1) is 0 Å². The molecule has 0 atom stereocenters. The minimum absolute atomic E-state index is 0.226. The number of carbonyl (C=O) groups excluding carboxylic acids is 4. The number of anilines is 2. The van der Waals surface area contributed by atoms with Gasteiger partial charge in [-0.25, -0.2) is 4.79 Å². The lowest BCUT2D eigenvalue weighted by molar-refractivity contribution is -0.128. The van der Waals surface area contributed by atoms with Gasteiger partial charge in [-0.05, 0) is 38.1 Å². The van der Waals surface area contributed by atoms with Crippen LogP contribution in [0.25, 0.3) is 0 Å². The number of aldehydes is 1. The van der Waals surface area contributed by atoms with Crippen molar-refractivity contribution in [1.29, 1.82) is 0 Å². The van der Waals surface area contributed by atoms with Crippen LogP contribution in [0.1, 0.15) is 34.6 Å². The first-order valence-corrected chi connectivity index (χ1v) is 8.30. The van der Waals surface area contributed by atoms with Crippen molar-refractivity contribution >= 4 is 35.4 Å². The van der Waals surface area contributed by atoms with Crippen molar-refractivity contribution in [3.8, 4) is 0 Å². The number of amides is 2. The molecule has 2 amide bonds. The molecule has 0 radical (unpaired) electrons. The van der Waals surface area contributed by atoms with Crippen molar-refractivity contribution < 1.29 is 23.9 Å². The fourth-order valence-corrected chi connectivity index (χ4v) is 2.87. The number of fused-ring (bicyclic) bond motifs is 1. The van der Waals surface area contributed by atoms with Gasteiger partial charge < -0.3 is 10.1 Å². The fourth-order valence-electron chi connectivity index (χ4n) is 2.87. The van der Waals surface area contributed by atoms with Crippen LogP contribution in [0.3, 0.4) is 0 Å². The lowest BCUT2D eigenvalue weighted by Gasteiger charge is -2.41. The van der Waals surface area contributed by atoms with Crippen LogP contribution < -0.4 is 10.2 Å². The molecule has 1 aliphatic heterocycles. The number of ether oxygens (including phenoxy) is 1. The van der Waals surface area contributed by atoms with Gasteiger partial charge in [0.2, 0.25) is 5.91 Å². The third kappa shape index (κ3) is 3.44. The predicted octanol–water partition coefficient (Wildman–Crippen LogP) is 2.42. The molecule has 138 valence electrons. The van der Waals surface area contributed by atoms with Crippen LogP contribution in [0.5, 0.6) is 0 Å². The second kappa shape index (κ2) is 7.03. The van der Waals surface area contributed by atoms with Crippen molar-refractivity contribution in [3.63, 3.8) is 0 Å². The third-order valence-electron chi connectivity index (χ3n) is 4.37. The molecule has 0 aliphatic carbocycles. The normalized spacial score (nSPS) is 14.7. The van der Waals surface area contributed by atoms with Gasteiger partial charge >= 0.3 is 5.97 Å².